The second-order valence-corrected chi connectivity index (χ2v) is 7.43. The second-order valence-electron chi connectivity index (χ2n) is 7.43. The normalized spacial score (nSPS) is 20.8. The third kappa shape index (κ3) is 5.52. The Labute approximate surface area is 153 Å². The molecule has 0 aromatic heterocycles. The van der Waals surface area contributed by atoms with Gasteiger partial charge in [-0.1, -0.05) is 69.0 Å². The highest BCUT2D eigenvalue weighted by molar-refractivity contribution is 5.64. The number of ether oxygens (including phenoxy) is 1. The zero-order chi connectivity index (χ0) is 18.6. The molecule has 3 rings (SSSR count). The van der Waals surface area contributed by atoms with E-state index in [0.717, 1.165) is 29.4 Å². The molecule has 0 heterocycles. The molecular formula is C22H25F3O. The van der Waals surface area contributed by atoms with Crippen LogP contribution >= 0.6 is 0 Å². The van der Waals surface area contributed by atoms with E-state index >= 15 is 0 Å². The third-order valence-corrected chi connectivity index (χ3v) is 5.35. The number of hydrogen-bond acceptors (Lipinski definition) is 1. The largest absolute Gasteiger partial charge is 0.573 e. The molecule has 0 spiro atoms. The molecule has 0 atom stereocenters. The van der Waals surface area contributed by atoms with E-state index in [2.05, 4.69) is 23.8 Å². The highest BCUT2D eigenvalue weighted by atomic mass is 19.4. The highest BCUT2D eigenvalue weighted by Crippen LogP contribution is 2.31. The summed E-state index contributed by atoms with van der Waals surface area (Å²) in [5.74, 6) is 1.55. The van der Waals surface area contributed by atoms with Crippen molar-refractivity contribution in [2.75, 3.05) is 0 Å². The van der Waals surface area contributed by atoms with Crippen LogP contribution in [0, 0.1) is 11.8 Å². The molecule has 1 aliphatic carbocycles. The smallest absolute Gasteiger partial charge is 0.406 e. The summed E-state index contributed by atoms with van der Waals surface area (Å²) in [7, 11) is 0. The standard InChI is InChI=1S/C22H25F3O/c1-16-2-4-17(5-3-16)6-7-18-8-10-19(11-9-18)20-12-14-21(15-13-20)26-22(23,24)25/h8-17H,2-7H2,1H3. The van der Waals surface area contributed by atoms with Crippen molar-refractivity contribution in [2.45, 2.75) is 51.8 Å². The fraction of sp³-hybridized carbons (Fsp3) is 0.455. The summed E-state index contributed by atoms with van der Waals surface area (Å²) in [4.78, 5) is 0. The van der Waals surface area contributed by atoms with Crippen molar-refractivity contribution >= 4 is 0 Å². The van der Waals surface area contributed by atoms with Gasteiger partial charge < -0.3 is 4.74 Å². The van der Waals surface area contributed by atoms with Gasteiger partial charge in [0.05, 0.1) is 0 Å². The fourth-order valence-corrected chi connectivity index (χ4v) is 3.70. The molecule has 2 aromatic carbocycles. The van der Waals surface area contributed by atoms with E-state index < -0.39 is 6.36 Å². The molecule has 0 radical (unpaired) electrons. The molecule has 0 saturated heterocycles. The second kappa shape index (κ2) is 8.15. The quantitative estimate of drug-likeness (QED) is 0.556. The lowest BCUT2D eigenvalue weighted by Crippen LogP contribution is -2.16. The molecule has 1 fully saturated rings. The molecule has 0 N–H and O–H groups in total. The maximum atomic E-state index is 12.2. The number of aryl methyl sites for hydroxylation is 1. The Balaban J connectivity index is 1.55. The molecule has 0 amide bonds. The zero-order valence-corrected chi connectivity index (χ0v) is 15.1. The number of hydrogen-bond donors (Lipinski definition) is 0. The zero-order valence-electron chi connectivity index (χ0n) is 15.1. The summed E-state index contributed by atoms with van der Waals surface area (Å²) in [6.07, 6.45) is 3.11. The SMILES string of the molecule is CC1CCC(CCc2ccc(-c3ccc(OC(F)(F)F)cc3)cc2)CC1. The Morgan fingerprint density at radius 1 is 0.846 bits per heavy atom. The van der Waals surface area contributed by atoms with Gasteiger partial charge in [0.15, 0.2) is 0 Å². The van der Waals surface area contributed by atoms with E-state index in [0.29, 0.717) is 0 Å². The van der Waals surface area contributed by atoms with Crippen LogP contribution in [0.4, 0.5) is 13.2 Å². The predicted molar refractivity (Wildman–Crippen MR) is 98.0 cm³/mol. The van der Waals surface area contributed by atoms with Crippen LogP contribution in [0.15, 0.2) is 48.5 Å². The predicted octanol–water partition coefficient (Wildman–Crippen LogP) is 7.01. The van der Waals surface area contributed by atoms with Gasteiger partial charge in [0.2, 0.25) is 0 Å². The molecule has 0 bridgehead atoms. The molecule has 1 saturated carbocycles. The van der Waals surface area contributed by atoms with Crippen molar-refractivity contribution in [1.29, 1.82) is 0 Å². The topological polar surface area (TPSA) is 9.23 Å². The van der Waals surface area contributed by atoms with Crippen LogP contribution in [0.1, 0.15) is 44.6 Å². The summed E-state index contributed by atoms with van der Waals surface area (Å²) in [6, 6.07) is 14.3. The minimum atomic E-state index is -4.65. The van der Waals surface area contributed by atoms with Gasteiger partial charge in [-0.2, -0.15) is 0 Å². The molecule has 0 unspecified atom stereocenters. The van der Waals surface area contributed by atoms with Crippen molar-refractivity contribution in [2.24, 2.45) is 11.8 Å². The Bertz CT molecular complexity index is 681. The van der Waals surface area contributed by atoms with Crippen LogP contribution in [0.5, 0.6) is 5.75 Å². The average molecular weight is 362 g/mol. The highest BCUT2D eigenvalue weighted by Gasteiger charge is 2.30. The maximum absolute atomic E-state index is 12.2. The molecule has 0 aliphatic heterocycles. The van der Waals surface area contributed by atoms with Gasteiger partial charge in [-0.3, -0.25) is 0 Å². The van der Waals surface area contributed by atoms with E-state index in [1.807, 2.05) is 12.1 Å². The van der Waals surface area contributed by atoms with Crippen LogP contribution in [-0.2, 0) is 6.42 Å². The number of halogens is 3. The van der Waals surface area contributed by atoms with Gasteiger partial charge in [0.1, 0.15) is 5.75 Å². The van der Waals surface area contributed by atoms with Gasteiger partial charge in [0, 0.05) is 0 Å². The van der Waals surface area contributed by atoms with E-state index in [1.54, 1.807) is 12.1 Å². The monoisotopic (exact) mass is 362 g/mol. The number of alkyl halides is 3. The van der Waals surface area contributed by atoms with Gasteiger partial charge in [0.25, 0.3) is 0 Å². The minimum Gasteiger partial charge on any atom is -0.406 e. The number of rotatable bonds is 5. The Morgan fingerprint density at radius 2 is 1.38 bits per heavy atom. The van der Waals surface area contributed by atoms with E-state index in [-0.39, 0.29) is 5.75 Å². The lowest BCUT2D eigenvalue weighted by atomic mass is 9.80. The van der Waals surface area contributed by atoms with Crippen LogP contribution in [0.2, 0.25) is 0 Å². The first-order chi connectivity index (χ1) is 12.4. The molecular weight excluding hydrogens is 337 g/mol. The van der Waals surface area contributed by atoms with Gasteiger partial charge in [-0.25, -0.2) is 0 Å². The first-order valence-electron chi connectivity index (χ1n) is 9.34. The van der Waals surface area contributed by atoms with E-state index in [4.69, 9.17) is 0 Å². The van der Waals surface area contributed by atoms with Crippen LogP contribution < -0.4 is 4.74 Å². The molecule has 140 valence electrons. The van der Waals surface area contributed by atoms with Crippen LogP contribution in [-0.4, -0.2) is 6.36 Å². The summed E-state index contributed by atoms with van der Waals surface area (Å²) in [5.41, 5.74) is 3.20. The lowest BCUT2D eigenvalue weighted by molar-refractivity contribution is -0.274. The third-order valence-electron chi connectivity index (χ3n) is 5.35. The maximum Gasteiger partial charge on any atom is 0.573 e. The van der Waals surface area contributed by atoms with Crippen molar-refractivity contribution in [1.82, 2.24) is 0 Å². The number of benzene rings is 2. The van der Waals surface area contributed by atoms with Crippen molar-refractivity contribution in [3.63, 3.8) is 0 Å². The summed E-state index contributed by atoms with van der Waals surface area (Å²) < 4.78 is 40.5. The molecule has 26 heavy (non-hydrogen) atoms. The van der Waals surface area contributed by atoms with E-state index in [1.165, 1.54) is 49.8 Å². The van der Waals surface area contributed by atoms with Gasteiger partial charge in [-0.15, -0.1) is 13.2 Å². The van der Waals surface area contributed by atoms with Crippen molar-refractivity contribution in [3.8, 4) is 16.9 Å². The van der Waals surface area contributed by atoms with Gasteiger partial charge in [-0.05, 0) is 53.5 Å². The molecule has 1 aliphatic rings. The Morgan fingerprint density at radius 3 is 1.92 bits per heavy atom. The first-order valence-corrected chi connectivity index (χ1v) is 9.34. The van der Waals surface area contributed by atoms with Crippen LogP contribution in [0.3, 0.4) is 0 Å². The molecule has 2 aromatic rings. The molecule has 4 heteroatoms. The van der Waals surface area contributed by atoms with Gasteiger partial charge >= 0.3 is 6.36 Å². The summed E-state index contributed by atoms with van der Waals surface area (Å²) >= 11 is 0. The lowest BCUT2D eigenvalue weighted by Gasteiger charge is -2.26. The van der Waals surface area contributed by atoms with Crippen LogP contribution in [0.25, 0.3) is 11.1 Å². The summed E-state index contributed by atoms with van der Waals surface area (Å²) in [5, 5.41) is 0. The Hall–Kier alpha value is -1.97. The van der Waals surface area contributed by atoms with Crippen molar-refractivity contribution in [3.05, 3.63) is 54.1 Å². The first kappa shape index (κ1) is 18.8. The molecule has 1 nitrogen and oxygen atoms in total. The Kier molecular flexibility index (Phi) is 5.90. The minimum absolute atomic E-state index is 0.195. The van der Waals surface area contributed by atoms with E-state index in [9.17, 15) is 13.2 Å². The fourth-order valence-electron chi connectivity index (χ4n) is 3.70. The van der Waals surface area contributed by atoms with Crippen molar-refractivity contribution < 1.29 is 17.9 Å². The summed E-state index contributed by atoms with van der Waals surface area (Å²) in [6.45, 7) is 2.34. The average Bonchev–Trinajstić information content (AvgIpc) is 2.61.